The molecule has 1 saturated heterocycles. The molecular weight excluding hydrogens is 653 g/mol. The largest absolute Gasteiger partial charge is 0.399 e. The molecule has 0 radical (unpaired) electrons. The van der Waals surface area contributed by atoms with Crippen molar-refractivity contribution in [3.8, 4) is 12.8 Å². The van der Waals surface area contributed by atoms with E-state index in [1.807, 2.05) is 34.6 Å². The van der Waals surface area contributed by atoms with E-state index >= 15 is 0 Å². The number of amides is 1. The van der Waals surface area contributed by atoms with Gasteiger partial charge in [-0.25, -0.2) is 4.39 Å². The minimum absolute atomic E-state index is 0.0372. The van der Waals surface area contributed by atoms with Crippen LogP contribution in [0.5, 0.6) is 0 Å². The number of nitrogens with one attached hydrogen (secondary N) is 1. The van der Waals surface area contributed by atoms with Gasteiger partial charge in [-0.15, -0.1) is 32.1 Å². The second-order valence-corrected chi connectivity index (χ2v) is 12.7. The Morgan fingerprint density at radius 2 is 1.71 bits per heavy atom. The molecule has 3 aromatic carbocycles. The van der Waals surface area contributed by atoms with Crippen LogP contribution in [0.3, 0.4) is 0 Å². The number of aromatic amines is 1. The first-order valence-electron chi connectivity index (χ1n) is 16.3. The summed E-state index contributed by atoms with van der Waals surface area (Å²) in [6.07, 6.45) is 13.4. The molecule has 1 aliphatic rings. The highest BCUT2D eigenvalue weighted by Gasteiger charge is 2.41. The van der Waals surface area contributed by atoms with Crippen LogP contribution >= 0.6 is 24.8 Å². The van der Waals surface area contributed by atoms with Gasteiger partial charge in [-0.2, -0.15) is 4.39 Å². The van der Waals surface area contributed by atoms with E-state index in [1.165, 1.54) is 35.9 Å². The Morgan fingerprint density at radius 3 is 2.24 bits per heavy atom. The molecule has 8 heteroatoms. The van der Waals surface area contributed by atoms with Gasteiger partial charge in [0.1, 0.15) is 5.82 Å². The third-order valence-electron chi connectivity index (χ3n) is 8.79. The van der Waals surface area contributed by atoms with Crippen molar-refractivity contribution in [2.45, 2.75) is 57.9 Å². The minimum Gasteiger partial charge on any atom is -0.399 e. The van der Waals surface area contributed by atoms with E-state index in [0.717, 1.165) is 29.7 Å². The smallest absolute Gasteiger partial charge is 0.230 e. The van der Waals surface area contributed by atoms with Crippen molar-refractivity contribution in [1.82, 2.24) is 9.88 Å². The minimum atomic E-state index is -0.411. The van der Waals surface area contributed by atoms with E-state index in [4.69, 9.17) is 18.0 Å². The van der Waals surface area contributed by atoms with E-state index in [0.29, 0.717) is 35.5 Å². The first-order valence-corrected chi connectivity index (χ1v) is 17.2. The van der Waals surface area contributed by atoms with E-state index < -0.39 is 5.95 Å². The number of thiol groups is 1. The van der Waals surface area contributed by atoms with Crippen molar-refractivity contribution in [2.24, 2.45) is 11.8 Å². The average Bonchev–Trinajstić information content (AvgIpc) is 3.75. The van der Waals surface area contributed by atoms with Gasteiger partial charge in [-0.1, -0.05) is 86.7 Å². The number of thiocarbonyl (C=S) groups is 1. The van der Waals surface area contributed by atoms with Crippen LogP contribution in [0.15, 0.2) is 115 Å². The van der Waals surface area contributed by atoms with Crippen molar-refractivity contribution >= 4 is 41.3 Å². The Hall–Kier alpha value is -4.45. The zero-order valence-electron chi connectivity index (χ0n) is 28.1. The zero-order valence-corrected chi connectivity index (χ0v) is 29.8. The van der Waals surface area contributed by atoms with Crippen LogP contribution in [-0.4, -0.2) is 20.7 Å². The number of aromatic nitrogens is 1. The van der Waals surface area contributed by atoms with Crippen LogP contribution in [0, 0.1) is 36.4 Å². The molecule has 0 bridgehead atoms. The van der Waals surface area contributed by atoms with E-state index in [1.54, 1.807) is 6.07 Å². The Balaban J connectivity index is 0.000000563. The molecular formula is C41H45F2N3OS2. The first kappa shape index (κ1) is 39.0. The summed E-state index contributed by atoms with van der Waals surface area (Å²) in [7, 11) is 0. The fourth-order valence-corrected chi connectivity index (χ4v) is 6.55. The summed E-state index contributed by atoms with van der Waals surface area (Å²) >= 11 is 10.2. The van der Waals surface area contributed by atoms with Crippen LogP contribution < -0.4 is 5.73 Å². The Bertz CT molecular complexity index is 1680. The van der Waals surface area contributed by atoms with Crippen molar-refractivity contribution in [2.75, 3.05) is 5.73 Å². The Morgan fingerprint density at radius 1 is 1.06 bits per heavy atom. The van der Waals surface area contributed by atoms with E-state index in [9.17, 15) is 13.6 Å². The number of nitrogens with zero attached hydrogens (tertiary/aromatic N) is 1. The molecule has 1 aromatic heterocycles. The number of hydrogen-bond donors (Lipinski definition) is 3. The normalized spacial score (nSPS) is 17.2. The highest BCUT2D eigenvalue weighted by molar-refractivity contribution is 7.83. The lowest BCUT2D eigenvalue weighted by Gasteiger charge is -2.31. The number of nitrogen functional groups attached to an aromatic ring is 1. The molecule has 4 unspecified atom stereocenters. The maximum atomic E-state index is 14.5. The highest BCUT2D eigenvalue weighted by atomic mass is 32.1. The number of H-pyrrole nitrogens is 1. The maximum Gasteiger partial charge on any atom is 0.230 e. The molecule has 4 atom stereocenters. The molecule has 0 aliphatic carbocycles. The first-order chi connectivity index (χ1) is 23.6. The average molecular weight is 698 g/mol. The number of benzene rings is 3. The maximum absolute atomic E-state index is 14.5. The third kappa shape index (κ3) is 10.8. The van der Waals surface area contributed by atoms with Gasteiger partial charge in [0.25, 0.3) is 0 Å². The fourth-order valence-electron chi connectivity index (χ4n) is 5.98. The van der Waals surface area contributed by atoms with Gasteiger partial charge in [-0.05, 0) is 96.5 Å². The van der Waals surface area contributed by atoms with E-state index in [2.05, 4.69) is 87.3 Å². The lowest BCUT2D eigenvalue weighted by Crippen LogP contribution is -2.36. The van der Waals surface area contributed by atoms with Crippen molar-refractivity contribution in [3.63, 3.8) is 0 Å². The van der Waals surface area contributed by atoms with Crippen LogP contribution in [0.4, 0.5) is 14.5 Å². The number of halogens is 2. The summed E-state index contributed by atoms with van der Waals surface area (Å²) in [5.41, 5.74) is 10.9. The number of likely N-dealkylation sites (tertiary alicyclic amines) is 1. The van der Waals surface area contributed by atoms with Gasteiger partial charge in [0.15, 0.2) is 5.95 Å². The number of hydrogen-bond acceptors (Lipinski definition) is 4. The van der Waals surface area contributed by atoms with Crippen molar-refractivity contribution < 1.29 is 13.6 Å². The van der Waals surface area contributed by atoms with Crippen molar-refractivity contribution in [3.05, 3.63) is 149 Å². The number of terminal acetylenes is 1. The summed E-state index contributed by atoms with van der Waals surface area (Å²) in [6.45, 7) is 8.18. The monoisotopic (exact) mass is 697 g/mol. The summed E-state index contributed by atoms with van der Waals surface area (Å²) in [6, 6.07) is 27.4. The SMILES string of the molecule is C#C.C=CC(C)c1ccc(CC(CCC(=S)c2ccc(F)[nH]2)C(=O)N2/C(=C\S)C(CC)CC2c2ccccc2)cc1.Nc1ccc(F)cc1. The number of nitrogens with two attached hydrogens (primary N) is 1. The van der Waals surface area contributed by atoms with Crippen LogP contribution in [0.1, 0.15) is 73.9 Å². The van der Waals surface area contributed by atoms with Gasteiger partial charge in [0.05, 0.1) is 11.7 Å². The Labute approximate surface area is 300 Å². The van der Waals surface area contributed by atoms with Crippen LogP contribution in [-0.2, 0) is 11.2 Å². The molecule has 5 rings (SSSR count). The second kappa shape index (κ2) is 19.5. The second-order valence-electron chi connectivity index (χ2n) is 11.9. The van der Waals surface area contributed by atoms with Gasteiger partial charge < -0.3 is 15.6 Å². The number of allylic oxidation sites excluding steroid dienone is 2. The number of rotatable bonds is 11. The molecule has 0 saturated carbocycles. The Kier molecular flexibility index (Phi) is 15.5. The number of carbonyl (C=O) groups is 1. The molecule has 2 heterocycles. The molecule has 0 spiro atoms. The highest BCUT2D eigenvalue weighted by Crippen LogP contribution is 2.45. The summed E-state index contributed by atoms with van der Waals surface area (Å²) < 4.78 is 25.6. The van der Waals surface area contributed by atoms with Crippen molar-refractivity contribution in [1.29, 1.82) is 0 Å². The lowest BCUT2D eigenvalue weighted by atomic mass is 9.90. The van der Waals surface area contributed by atoms with E-state index in [-0.39, 0.29) is 35.5 Å². The predicted molar refractivity (Wildman–Crippen MR) is 206 cm³/mol. The summed E-state index contributed by atoms with van der Waals surface area (Å²) in [5.74, 6) is -0.343. The molecule has 256 valence electrons. The fraction of sp³-hybridized carbons (Fsp3) is 0.268. The molecule has 3 N–H and O–H groups in total. The van der Waals surface area contributed by atoms with Gasteiger partial charge in [-0.3, -0.25) is 4.79 Å². The van der Waals surface area contributed by atoms with Gasteiger partial charge >= 0.3 is 0 Å². The topological polar surface area (TPSA) is 62.1 Å². The quantitative estimate of drug-likeness (QED) is 0.0365. The molecule has 49 heavy (non-hydrogen) atoms. The van der Waals surface area contributed by atoms with Gasteiger partial charge in [0.2, 0.25) is 5.91 Å². The van der Waals surface area contributed by atoms with Crippen LogP contribution in [0.2, 0.25) is 0 Å². The molecule has 4 nitrogen and oxygen atoms in total. The standard InChI is InChI=1S/C33H37FN2OS2.C6H6FN.C2H2/c1-4-22(3)25-13-11-23(12-14-25)19-27(15-17-31(39)28-16-18-32(34)35-28)33(37)36-29(26-9-7-6-8-10-26)20-24(5-2)30(36)21-38;7-5-1-3-6(8)4-2-5;1-2/h4,6-14,16,18,21-22,24,27,29,35,38H,1,5,15,17,19-20H2,2-3H3;1-4H,8H2;1-2H/b30-21-;;. The number of anilines is 1. The van der Waals surface area contributed by atoms with Crippen LogP contribution in [0.25, 0.3) is 0 Å². The van der Waals surface area contributed by atoms with Gasteiger partial charge in [0, 0.05) is 28.1 Å². The molecule has 4 aromatic rings. The zero-order chi connectivity index (χ0) is 35.9. The predicted octanol–water partition coefficient (Wildman–Crippen LogP) is 10.2. The summed E-state index contributed by atoms with van der Waals surface area (Å²) in [5, 5.41) is 1.81. The third-order valence-corrected chi connectivity index (χ3v) is 9.48. The molecule has 1 aliphatic heterocycles. The molecule has 1 amide bonds. The number of carbonyl (C=O) groups excluding carboxylic acids is 1. The summed E-state index contributed by atoms with van der Waals surface area (Å²) in [4.78, 5) is 19.8. The molecule has 1 fully saturated rings. The lowest BCUT2D eigenvalue weighted by molar-refractivity contribution is -0.135.